The standard InChI is InChI=1S/C12H16BrNO4/c1-3-17-10-5-8(6-14)4-9(13)12(10)18-7-11(15)16-2/h4-5H,3,6-7,14H2,1-2H3. The van der Waals surface area contributed by atoms with Crippen LogP contribution >= 0.6 is 15.9 Å². The van der Waals surface area contributed by atoms with Crippen LogP contribution in [-0.4, -0.2) is 26.3 Å². The maximum atomic E-state index is 11.1. The van der Waals surface area contributed by atoms with E-state index in [9.17, 15) is 4.79 Å². The number of nitrogens with two attached hydrogens (primary N) is 1. The first kappa shape index (κ1) is 14.8. The highest BCUT2D eigenvalue weighted by Gasteiger charge is 2.13. The minimum absolute atomic E-state index is 0.169. The van der Waals surface area contributed by atoms with Crippen molar-refractivity contribution in [2.75, 3.05) is 20.3 Å². The SMILES string of the molecule is CCOc1cc(CN)cc(Br)c1OCC(=O)OC. The van der Waals surface area contributed by atoms with Crippen molar-refractivity contribution >= 4 is 21.9 Å². The van der Waals surface area contributed by atoms with Crippen LogP contribution in [-0.2, 0) is 16.1 Å². The molecular formula is C12H16BrNO4. The third-order valence-electron chi connectivity index (χ3n) is 2.17. The fourth-order valence-corrected chi connectivity index (χ4v) is 1.94. The van der Waals surface area contributed by atoms with Gasteiger partial charge in [0.25, 0.3) is 0 Å². The zero-order valence-corrected chi connectivity index (χ0v) is 12.0. The Bertz CT molecular complexity index is 423. The zero-order chi connectivity index (χ0) is 13.5. The van der Waals surface area contributed by atoms with E-state index in [0.29, 0.717) is 29.1 Å². The van der Waals surface area contributed by atoms with Crippen LogP contribution in [0.5, 0.6) is 11.5 Å². The minimum Gasteiger partial charge on any atom is -0.490 e. The van der Waals surface area contributed by atoms with Crippen LogP contribution in [0.1, 0.15) is 12.5 Å². The number of halogens is 1. The number of ether oxygens (including phenoxy) is 3. The second-order valence-corrected chi connectivity index (χ2v) is 4.26. The number of methoxy groups -OCH3 is 1. The molecule has 0 aliphatic carbocycles. The van der Waals surface area contributed by atoms with E-state index in [1.807, 2.05) is 13.0 Å². The van der Waals surface area contributed by atoms with Crippen LogP contribution in [0.25, 0.3) is 0 Å². The lowest BCUT2D eigenvalue weighted by Crippen LogP contribution is -2.13. The second-order valence-electron chi connectivity index (χ2n) is 3.41. The van der Waals surface area contributed by atoms with Crippen LogP contribution in [0.15, 0.2) is 16.6 Å². The van der Waals surface area contributed by atoms with Gasteiger partial charge < -0.3 is 19.9 Å². The quantitative estimate of drug-likeness (QED) is 0.811. The summed E-state index contributed by atoms with van der Waals surface area (Å²) < 4.78 is 16.1. The number of carbonyl (C=O) groups is 1. The molecule has 0 atom stereocenters. The molecule has 2 N–H and O–H groups in total. The summed E-state index contributed by atoms with van der Waals surface area (Å²) in [7, 11) is 1.31. The maximum absolute atomic E-state index is 11.1. The van der Waals surface area contributed by atoms with E-state index in [2.05, 4.69) is 20.7 Å². The topological polar surface area (TPSA) is 70.8 Å². The number of rotatable bonds is 6. The Hall–Kier alpha value is -1.27. The Balaban J connectivity index is 2.96. The lowest BCUT2D eigenvalue weighted by Gasteiger charge is -2.14. The summed E-state index contributed by atoms with van der Waals surface area (Å²) in [4.78, 5) is 11.1. The molecule has 0 aliphatic heterocycles. The lowest BCUT2D eigenvalue weighted by molar-refractivity contribution is -0.142. The van der Waals surface area contributed by atoms with Gasteiger partial charge in [-0.15, -0.1) is 0 Å². The first-order valence-corrected chi connectivity index (χ1v) is 6.26. The first-order chi connectivity index (χ1) is 8.62. The minimum atomic E-state index is -0.452. The van der Waals surface area contributed by atoms with E-state index < -0.39 is 5.97 Å². The van der Waals surface area contributed by atoms with Crippen molar-refractivity contribution in [1.29, 1.82) is 0 Å². The Morgan fingerprint density at radius 1 is 1.39 bits per heavy atom. The maximum Gasteiger partial charge on any atom is 0.343 e. The fraction of sp³-hybridized carbons (Fsp3) is 0.417. The van der Waals surface area contributed by atoms with Crippen LogP contribution in [0.3, 0.4) is 0 Å². The molecule has 0 heterocycles. The van der Waals surface area contributed by atoms with E-state index in [0.717, 1.165) is 5.56 Å². The van der Waals surface area contributed by atoms with Crippen molar-refractivity contribution in [3.8, 4) is 11.5 Å². The molecule has 0 unspecified atom stereocenters. The van der Waals surface area contributed by atoms with Gasteiger partial charge in [-0.2, -0.15) is 0 Å². The fourth-order valence-electron chi connectivity index (χ4n) is 1.33. The van der Waals surface area contributed by atoms with Gasteiger partial charge in [-0.25, -0.2) is 4.79 Å². The summed E-state index contributed by atoms with van der Waals surface area (Å²) in [5.74, 6) is 0.572. The van der Waals surface area contributed by atoms with Gasteiger partial charge in [0.05, 0.1) is 18.2 Å². The predicted molar refractivity (Wildman–Crippen MR) is 70.7 cm³/mol. The van der Waals surface area contributed by atoms with Gasteiger partial charge in [-0.05, 0) is 40.5 Å². The summed E-state index contributed by atoms with van der Waals surface area (Å²) >= 11 is 3.37. The van der Waals surface area contributed by atoms with Crippen LogP contribution in [0.2, 0.25) is 0 Å². The summed E-state index contributed by atoms with van der Waals surface area (Å²) in [6.45, 7) is 2.59. The van der Waals surface area contributed by atoms with Gasteiger partial charge >= 0.3 is 5.97 Å². The van der Waals surface area contributed by atoms with Gasteiger partial charge in [0.15, 0.2) is 18.1 Å². The van der Waals surface area contributed by atoms with Gasteiger partial charge in [0.2, 0.25) is 0 Å². The molecule has 6 heteroatoms. The van der Waals surface area contributed by atoms with Gasteiger partial charge in [-0.1, -0.05) is 0 Å². The average Bonchev–Trinajstić information content (AvgIpc) is 2.37. The highest BCUT2D eigenvalue weighted by Crippen LogP contribution is 2.36. The molecule has 0 aromatic heterocycles. The van der Waals surface area contributed by atoms with Crippen LogP contribution in [0.4, 0.5) is 0 Å². The van der Waals surface area contributed by atoms with Crippen LogP contribution < -0.4 is 15.2 Å². The van der Waals surface area contributed by atoms with Gasteiger partial charge in [-0.3, -0.25) is 0 Å². The molecule has 0 radical (unpaired) electrons. The lowest BCUT2D eigenvalue weighted by atomic mass is 10.2. The smallest absolute Gasteiger partial charge is 0.343 e. The largest absolute Gasteiger partial charge is 0.490 e. The van der Waals surface area contributed by atoms with Crippen molar-refractivity contribution in [1.82, 2.24) is 0 Å². The second kappa shape index (κ2) is 7.23. The van der Waals surface area contributed by atoms with E-state index in [1.165, 1.54) is 7.11 Å². The molecule has 0 bridgehead atoms. The Morgan fingerprint density at radius 3 is 2.67 bits per heavy atom. The first-order valence-electron chi connectivity index (χ1n) is 5.47. The van der Waals surface area contributed by atoms with E-state index >= 15 is 0 Å². The molecule has 0 fully saturated rings. The molecule has 0 saturated carbocycles. The molecule has 0 amide bonds. The normalized spacial score (nSPS) is 10.0. The van der Waals surface area contributed by atoms with E-state index in [-0.39, 0.29) is 6.61 Å². The molecule has 1 rings (SSSR count). The number of esters is 1. The van der Waals surface area contributed by atoms with Gasteiger partial charge in [0, 0.05) is 6.54 Å². The number of carbonyl (C=O) groups excluding carboxylic acids is 1. The summed E-state index contributed by atoms with van der Waals surface area (Å²) in [6, 6.07) is 3.62. The zero-order valence-electron chi connectivity index (χ0n) is 10.4. The molecule has 5 nitrogen and oxygen atoms in total. The molecule has 100 valence electrons. The number of benzene rings is 1. The summed E-state index contributed by atoms with van der Waals surface area (Å²) in [5, 5.41) is 0. The Kier molecular flexibility index (Phi) is 5.94. The molecule has 18 heavy (non-hydrogen) atoms. The summed E-state index contributed by atoms with van der Waals surface area (Å²) in [5.41, 5.74) is 6.50. The van der Waals surface area contributed by atoms with E-state index in [4.69, 9.17) is 15.2 Å². The third kappa shape index (κ3) is 3.89. The van der Waals surface area contributed by atoms with Crippen molar-refractivity contribution in [3.05, 3.63) is 22.2 Å². The third-order valence-corrected chi connectivity index (χ3v) is 2.76. The molecule has 1 aromatic rings. The Morgan fingerprint density at radius 2 is 2.11 bits per heavy atom. The van der Waals surface area contributed by atoms with Gasteiger partial charge in [0.1, 0.15) is 0 Å². The molecule has 0 saturated heterocycles. The predicted octanol–water partition coefficient (Wildman–Crippen LogP) is 1.86. The number of hydrogen-bond acceptors (Lipinski definition) is 5. The summed E-state index contributed by atoms with van der Waals surface area (Å²) in [6.07, 6.45) is 0. The molecule has 0 spiro atoms. The molecule has 1 aromatic carbocycles. The molecular weight excluding hydrogens is 302 g/mol. The highest BCUT2D eigenvalue weighted by atomic mass is 79.9. The monoisotopic (exact) mass is 317 g/mol. The highest BCUT2D eigenvalue weighted by molar-refractivity contribution is 9.10. The average molecular weight is 318 g/mol. The Labute approximate surface area is 114 Å². The van der Waals surface area contributed by atoms with Crippen LogP contribution in [0, 0.1) is 0 Å². The van der Waals surface area contributed by atoms with Crippen molar-refractivity contribution in [2.24, 2.45) is 5.73 Å². The van der Waals surface area contributed by atoms with Crippen molar-refractivity contribution in [3.63, 3.8) is 0 Å². The van der Waals surface area contributed by atoms with Crippen molar-refractivity contribution in [2.45, 2.75) is 13.5 Å². The number of hydrogen-bond donors (Lipinski definition) is 1. The van der Waals surface area contributed by atoms with E-state index in [1.54, 1.807) is 6.07 Å². The van der Waals surface area contributed by atoms with Crippen molar-refractivity contribution < 1.29 is 19.0 Å². The molecule has 0 aliphatic rings.